The average Bonchev–Trinajstić information content (AvgIpc) is 3.65. The highest BCUT2D eigenvalue weighted by Gasteiger charge is 2.44. The van der Waals surface area contributed by atoms with Crippen LogP contribution < -0.4 is 26.6 Å². The van der Waals surface area contributed by atoms with Crippen molar-refractivity contribution in [1.29, 1.82) is 0 Å². The monoisotopic (exact) mass is 816 g/mol. The van der Waals surface area contributed by atoms with E-state index in [1.165, 1.54) is 23.6 Å². The molecule has 0 spiro atoms. The van der Waals surface area contributed by atoms with Gasteiger partial charge in [0, 0.05) is 26.6 Å². The molecule has 1 saturated carbocycles. The van der Waals surface area contributed by atoms with Crippen molar-refractivity contribution in [3.8, 4) is 0 Å². The highest BCUT2D eigenvalue weighted by molar-refractivity contribution is 5.99. The highest BCUT2D eigenvalue weighted by Crippen LogP contribution is 2.30. The van der Waals surface area contributed by atoms with Gasteiger partial charge in [-0.25, -0.2) is 0 Å². The zero-order chi connectivity index (χ0) is 43.6. The average molecular weight is 816 g/mol. The van der Waals surface area contributed by atoms with Crippen LogP contribution in [0.2, 0.25) is 0 Å². The zero-order valence-electron chi connectivity index (χ0n) is 37.4. The number of rotatable bonds is 24. The molecule has 1 aliphatic carbocycles. The molecule has 2 rings (SSSR count). The number of amides is 7. The lowest BCUT2D eigenvalue weighted by molar-refractivity contribution is -0.148. The molecule has 0 aromatic rings. The second kappa shape index (κ2) is 24.2. The minimum Gasteiger partial charge on any atom is -0.355 e. The fourth-order valence-corrected chi connectivity index (χ4v) is 7.80. The molecule has 330 valence electrons. The van der Waals surface area contributed by atoms with E-state index in [1.54, 1.807) is 33.0 Å². The summed E-state index contributed by atoms with van der Waals surface area (Å²) < 4.78 is 0. The summed E-state index contributed by atoms with van der Waals surface area (Å²) in [5, 5.41) is 14.2. The zero-order valence-corrected chi connectivity index (χ0v) is 37.4. The summed E-state index contributed by atoms with van der Waals surface area (Å²) in [4.78, 5) is 98.5. The van der Waals surface area contributed by atoms with Gasteiger partial charge in [0.25, 0.3) is 0 Å². The topological polar surface area (TPSA) is 186 Å². The normalized spacial score (nSPS) is 17.6. The maximum absolute atomic E-state index is 14.3. The van der Waals surface area contributed by atoms with Gasteiger partial charge in [0.05, 0.1) is 0 Å². The third-order valence-corrected chi connectivity index (χ3v) is 11.3. The van der Waals surface area contributed by atoms with E-state index in [1.807, 2.05) is 27.7 Å². The summed E-state index contributed by atoms with van der Waals surface area (Å²) in [5.41, 5.74) is -3.01. The minimum atomic E-state index is -1.51. The summed E-state index contributed by atoms with van der Waals surface area (Å²) >= 11 is 0. The molecule has 0 aromatic carbocycles. The molecule has 1 aliphatic heterocycles. The predicted octanol–water partition coefficient (Wildman–Crippen LogP) is 4.65. The molecule has 1 heterocycles. The lowest BCUT2D eigenvalue weighted by Gasteiger charge is -2.39. The Labute approximate surface area is 348 Å². The Hall–Kier alpha value is -3.97. The van der Waals surface area contributed by atoms with E-state index in [9.17, 15) is 33.6 Å². The molecule has 0 aromatic heterocycles. The summed E-state index contributed by atoms with van der Waals surface area (Å²) in [6, 6.07) is -3.40. The van der Waals surface area contributed by atoms with Crippen molar-refractivity contribution in [3.05, 3.63) is 12.2 Å². The van der Waals surface area contributed by atoms with Crippen LogP contribution in [0.3, 0.4) is 0 Å². The van der Waals surface area contributed by atoms with Crippen molar-refractivity contribution in [1.82, 2.24) is 36.4 Å². The Morgan fingerprint density at radius 3 is 1.97 bits per heavy atom. The van der Waals surface area contributed by atoms with Gasteiger partial charge in [-0.3, -0.25) is 33.6 Å². The van der Waals surface area contributed by atoms with E-state index < -0.39 is 58.9 Å². The second-order valence-corrected chi connectivity index (χ2v) is 17.8. The molecule has 14 nitrogen and oxygen atoms in total. The molecule has 2 aliphatic rings. The number of hydrogen-bond acceptors (Lipinski definition) is 7. The fourth-order valence-electron chi connectivity index (χ4n) is 7.80. The maximum atomic E-state index is 14.3. The van der Waals surface area contributed by atoms with Crippen LogP contribution in [0.4, 0.5) is 0 Å². The fraction of sp³-hybridized carbons (Fsp3) is 0.795. The summed E-state index contributed by atoms with van der Waals surface area (Å²) in [6.45, 7) is 16.7. The number of carbonyl (C=O) groups excluding carboxylic acids is 7. The molecule has 0 radical (unpaired) electrons. The Balaban J connectivity index is 2.25. The lowest BCUT2D eigenvalue weighted by Crippen LogP contribution is -2.66. The van der Waals surface area contributed by atoms with E-state index in [2.05, 4.69) is 33.5 Å². The van der Waals surface area contributed by atoms with Gasteiger partial charge in [-0.2, -0.15) is 0 Å². The van der Waals surface area contributed by atoms with Gasteiger partial charge in [0.2, 0.25) is 41.4 Å². The first-order chi connectivity index (χ1) is 27.3. The molecule has 7 amide bonds. The smallest absolute Gasteiger partial charge is 0.249 e. The van der Waals surface area contributed by atoms with Crippen molar-refractivity contribution >= 4 is 41.4 Å². The Morgan fingerprint density at radius 2 is 1.36 bits per heavy atom. The molecular weight excluding hydrogens is 739 g/mol. The molecule has 1 fully saturated rings. The third-order valence-electron chi connectivity index (χ3n) is 11.3. The lowest BCUT2D eigenvalue weighted by atomic mass is 9.82. The van der Waals surface area contributed by atoms with Gasteiger partial charge >= 0.3 is 0 Å². The molecule has 0 saturated heterocycles. The van der Waals surface area contributed by atoms with Gasteiger partial charge in [-0.05, 0) is 78.6 Å². The minimum absolute atomic E-state index is 0.119. The first kappa shape index (κ1) is 50.2. The van der Waals surface area contributed by atoms with E-state index in [-0.39, 0.29) is 29.6 Å². The quantitative estimate of drug-likeness (QED) is 0.0693. The molecule has 58 heavy (non-hydrogen) atoms. The first-order valence-electron chi connectivity index (χ1n) is 22.1. The van der Waals surface area contributed by atoms with Crippen molar-refractivity contribution in [3.63, 3.8) is 0 Å². The van der Waals surface area contributed by atoms with Crippen molar-refractivity contribution < 1.29 is 33.6 Å². The highest BCUT2D eigenvalue weighted by atomic mass is 16.2. The number of nitrogens with zero attached hydrogens (tertiary/aromatic N) is 2. The Kier molecular flexibility index (Phi) is 20.9. The standard InChI is InChI=1S/C44H77N7O7/c1-11-14-15-16-17-21-26-32(38(54)46-33(29-30(4)5)37(53)45-13-3)47-41(57)43(6,7)49-42(58)44(8,9)48-39(55)36(31-24-19-18-20-25-31)50(10)40(56)34-27-22-28-51(34)35(52)23-12-2/h22,27,30-34,36H,11-21,23-26,28-29H2,1-10H3,(H,45,53)(H,46,54)(H,47,57)(H,48,55)(H,49,58)/t32-,33-,34-,36-/m0/s1. The van der Waals surface area contributed by atoms with Gasteiger partial charge in [0.1, 0.15) is 35.2 Å². The molecule has 5 N–H and O–H groups in total. The van der Waals surface area contributed by atoms with Crippen LogP contribution in [0.25, 0.3) is 0 Å². The van der Waals surface area contributed by atoms with Crippen LogP contribution in [-0.2, 0) is 33.6 Å². The van der Waals surface area contributed by atoms with Crippen LogP contribution in [0.1, 0.15) is 159 Å². The molecule has 0 unspecified atom stereocenters. The molecule has 4 atom stereocenters. The van der Waals surface area contributed by atoms with Gasteiger partial charge < -0.3 is 36.4 Å². The second-order valence-electron chi connectivity index (χ2n) is 17.8. The van der Waals surface area contributed by atoms with Gasteiger partial charge in [0.15, 0.2) is 0 Å². The number of nitrogens with one attached hydrogen (secondary N) is 5. The SMILES string of the molecule is CCCCCCCC[C@H](NC(=O)C(C)(C)NC(=O)C(C)(C)NC(=O)[C@H](C1CCCCC1)N(C)C(=O)[C@@H]1C=CCN1C(=O)CCC)C(=O)N[C@@H](CC(C)C)C(=O)NCC. The van der Waals surface area contributed by atoms with Crippen LogP contribution >= 0.6 is 0 Å². The van der Waals surface area contributed by atoms with Crippen LogP contribution in [0.5, 0.6) is 0 Å². The maximum Gasteiger partial charge on any atom is 0.249 e. The summed E-state index contributed by atoms with van der Waals surface area (Å²) in [5.74, 6) is -2.95. The van der Waals surface area contributed by atoms with Crippen LogP contribution in [0.15, 0.2) is 12.2 Å². The third kappa shape index (κ3) is 15.3. The molecular formula is C44H77N7O7. The van der Waals surface area contributed by atoms with Crippen molar-refractivity contribution in [2.24, 2.45) is 11.8 Å². The van der Waals surface area contributed by atoms with Crippen LogP contribution in [0, 0.1) is 11.8 Å². The van der Waals surface area contributed by atoms with Gasteiger partial charge in [-0.1, -0.05) is 97.6 Å². The number of carbonyl (C=O) groups is 7. The largest absolute Gasteiger partial charge is 0.355 e. The van der Waals surface area contributed by atoms with E-state index in [0.29, 0.717) is 45.2 Å². The Morgan fingerprint density at radius 1 is 0.741 bits per heavy atom. The Bertz CT molecular complexity index is 1420. The van der Waals surface area contributed by atoms with E-state index in [0.717, 1.165) is 64.2 Å². The van der Waals surface area contributed by atoms with E-state index in [4.69, 9.17) is 0 Å². The van der Waals surface area contributed by atoms with Crippen molar-refractivity contribution in [2.45, 2.75) is 194 Å². The van der Waals surface area contributed by atoms with Crippen molar-refractivity contribution in [2.75, 3.05) is 20.1 Å². The molecule has 0 bridgehead atoms. The van der Waals surface area contributed by atoms with Gasteiger partial charge in [-0.15, -0.1) is 0 Å². The predicted molar refractivity (Wildman–Crippen MR) is 227 cm³/mol. The first-order valence-corrected chi connectivity index (χ1v) is 22.1. The summed E-state index contributed by atoms with van der Waals surface area (Å²) in [7, 11) is 1.59. The number of unbranched alkanes of at least 4 members (excludes halogenated alkanes) is 5. The summed E-state index contributed by atoms with van der Waals surface area (Å²) in [6.07, 6.45) is 15.5. The van der Waals surface area contributed by atoms with Crippen LogP contribution in [-0.4, -0.2) is 107 Å². The van der Waals surface area contributed by atoms with E-state index >= 15 is 0 Å². The number of hydrogen-bond donors (Lipinski definition) is 5. The molecule has 14 heteroatoms. The number of likely N-dealkylation sites (N-methyl/N-ethyl adjacent to an activating group) is 2.